The second-order valence-corrected chi connectivity index (χ2v) is 5.70. The first-order valence-corrected chi connectivity index (χ1v) is 8.43. The van der Waals surface area contributed by atoms with Crippen LogP contribution in [-0.2, 0) is 4.74 Å². The Hall–Kier alpha value is -3.81. The molecule has 134 valence electrons. The summed E-state index contributed by atoms with van der Waals surface area (Å²) in [5.41, 5.74) is 3.63. The molecule has 0 aliphatic heterocycles. The highest BCUT2D eigenvalue weighted by Gasteiger charge is 2.17. The van der Waals surface area contributed by atoms with Gasteiger partial charge >= 0.3 is 5.97 Å². The van der Waals surface area contributed by atoms with Gasteiger partial charge in [-0.05, 0) is 30.3 Å². The van der Waals surface area contributed by atoms with E-state index in [1.54, 1.807) is 17.7 Å². The molecule has 0 radical (unpaired) electrons. The number of nitrogens with one attached hydrogen (secondary N) is 1. The molecule has 0 saturated heterocycles. The Labute approximate surface area is 154 Å². The summed E-state index contributed by atoms with van der Waals surface area (Å²) < 4.78 is 6.83. The van der Waals surface area contributed by atoms with Crippen LogP contribution in [0.3, 0.4) is 0 Å². The van der Waals surface area contributed by atoms with Crippen molar-refractivity contribution in [3.63, 3.8) is 0 Å². The number of nitrogens with zero attached hydrogens (tertiary/aromatic N) is 5. The molecule has 0 saturated carbocycles. The van der Waals surface area contributed by atoms with Crippen molar-refractivity contribution in [3.8, 4) is 28.3 Å². The maximum Gasteiger partial charge on any atom is 0.358 e. The number of hydrogen-bond acceptors (Lipinski definition) is 6. The predicted molar refractivity (Wildman–Crippen MR) is 98.1 cm³/mol. The molecule has 27 heavy (non-hydrogen) atoms. The zero-order valence-corrected chi connectivity index (χ0v) is 14.5. The fourth-order valence-corrected chi connectivity index (χ4v) is 2.73. The average molecular weight is 360 g/mol. The first kappa shape index (κ1) is 16.6. The Morgan fingerprint density at radius 3 is 2.48 bits per heavy atom. The van der Waals surface area contributed by atoms with Crippen LogP contribution < -0.4 is 0 Å². The van der Waals surface area contributed by atoms with Gasteiger partial charge in [0, 0.05) is 11.1 Å². The Balaban J connectivity index is 1.77. The Morgan fingerprint density at radius 2 is 1.81 bits per heavy atom. The SMILES string of the molecule is CCOC(=O)c1cc(-c2ccc(-c3nn[nH]n3)cc2)n(-c2ccccc2)n1. The number of benzene rings is 2. The molecule has 2 aromatic heterocycles. The largest absolute Gasteiger partial charge is 0.461 e. The van der Waals surface area contributed by atoms with Crippen molar-refractivity contribution in [2.24, 2.45) is 0 Å². The van der Waals surface area contributed by atoms with E-state index < -0.39 is 5.97 Å². The van der Waals surface area contributed by atoms with E-state index in [4.69, 9.17) is 4.74 Å². The molecule has 2 aromatic carbocycles. The van der Waals surface area contributed by atoms with E-state index in [1.807, 2.05) is 54.6 Å². The van der Waals surface area contributed by atoms with Crippen molar-refractivity contribution in [2.75, 3.05) is 6.61 Å². The molecule has 4 rings (SSSR count). The van der Waals surface area contributed by atoms with Crippen LogP contribution >= 0.6 is 0 Å². The molecular weight excluding hydrogens is 344 g/mol. The molecular formula is C19H16N6O2. The van der Waals surface area contributed by atoms with Gasteiger partial charge in [0.1, 0.15) is 0 Å². The maximum absolute atomic E-state index is 12.2. The van der Waals surface area contributed by atoms with E-state index in [9.17, 15) is 4.79 Å². The highest BCUT2D eigenvalue weighted by Crippen LogP contribution is 2.26. The molecule has 0 atom stereocenters. The summed E-state index contributed by atoms with van der Waals surface area (Å²) in [6.45, 7) is 2.06. The van der Waals surface area contributed by atoms with E-state index in [0.29, 0.717) is 12.4 Å². The summed E-state index contributed by atoms with van der Waals surface area (Å²) in [6, 6.07) is 19.0. The van der Waals surface area contributed by atoms with Crippen molar-refractivity contribution < 1.29 is 9.53 Å². The van der Waals surface area contributed by atoms with Gasteiger partial charge < -0.3 is 4.74 Å². The van der Waals surface area contributed by atoms with Crippen LogP contribution in [0.25, 0.3) is 28.3 Å². The van der Waals surface area contributed by atoms with Gasteiger partial charge in [0.25, 0.3) is 0 Å². The molecule has 8 heteroatoms. The third-order valence-electron chi connectivity index (χ3n) is 3.98. The summed E-state index contributed by atoms with van der Waals surface area (Å²) in [5.74, 6) is 0.0715. The lowest BCUT2D eigenvalue weighted by molar-refractivity contribution is 0.0519. The number of H-pyrrole nitrogens is 1. The second-order valence-electron chi connectivity index (χ2n) is 5.70. The van der Waals surface area contributed by atoms with Gasteiger partial charge in [-0.3, -0.25) is 0 Å². The molecule has 8 nitrogen and oxygen atoms in total. The monoisotopic (exact) mass is 360 g/mol. The predicted octanol–water partition coefficient (Wildman–Crippen LogP) is 2.90. The van der Waals surface area contributed by atoms with Crippen molar-refractivity contribution in [1.82, 2.24) is 30.4 Å². The number of aromatic amines is 1. The number of ether oxygens (including phenoxy) is 1. The van der Waals surface area contributed by atoms with E-state index in [2.05, 4.69) is 25.7 Å². The molecule has 4 aromatic rings. The number of carbonyl (C=O) groups is 1. The number of aromatic nitrogens is 6. The van der Waals surface area contributed by atoms with Gasteiger partial charge in [-0.1, -0.05) is 42.5 Å². The Kier molecular flexibility index (Phi) is 4.44. The Morgan fingerprint density at radius 1 is 1.07 bits per heavy atom. The smallest absolute Gasteiger partial charge is 0.358 e. The van der Waals surface area contributed by atoms with Crippen molar-refractivity contribution in [2.45, 2.75) is 6.92 Å². The van der Waals surface area contributed by atoms with Crippen LogP contribution in [0.5, 0.6) is 0 Å². The number of tetrazole rings is 1. The third-order valence-corrected chi connectivity index (χ3v) is 3.98. The normalized spacial score (nSPS) is 10.7. The van der Waals surface area contributed by atoms with Crippen LogP contribution in [0.1, 0.15) is 17.4 Å². The number of rotatable bonds is 5. The molecule has 0 bridgehead atoms. The maximum atomic E-state index is 12.2. The fourth-order valence-electron chi connectivity index (χ4n) is 2.73. The molecule has 0 aliphatic carbocycles. The van der Waals surface area contributed by atoms with Crippen molar-refractivity contribution in [3.05, 3.63) is 66.4 Å². The molecule has 0 spiro atoms. The molecule has 1 N–H and O–H groups in total. The van der Waals surface area contributed by atoms with E-state index in [1.165, 1.54) is 0 Å². The second kappa shape index (κ2) is 7.20. The van der Waals surface area contributed by atoms with Crippen molar-refractivity contribution >= 4 is 5.97 Å². The summed E-state index contributed by atoms with van der Waals surface area (Å²) in [5, 5.41) is 18.4. The third kappa shape index (κ3) is 3.32. The number of carbonyl (C=O) groups excluding carboxylic acids is 1. The van der Waals surface area contributed by atoms with Crippen LogP contribution in [0, 0.1) is 0 Å². The minimum Gasteiger partial charge on any atom is -0.461 e. The summed E-state index contributed by atoms with van der Waals surface area (Å²) >= 11 is 0. The van der Waals surface area contributed by atoms with E-state index >= 15 is 0 Å². The minimum absolute atomic E-state index is 0.262. The van der Waals surface area contributed by atoms with E-state index in [-0.39, 0.29) is 5.69 Å². The van der Waals surface area contributed by atoms with Crippen molar-refractivity contribution in [1.29, 1.82) is 0 Å². The summed E-state index contributed by atoms with van der Waals surface area (Å²) in [6.07, 6.45) is 0. The van der Waals surface area contributed by atoms with Crippen LogP contribution in [0.15, 0.2) is 60.7 Å². The lowest BCUT2D eigenvalue weighted by Crippen LogP contribution is -2.06. The number of esters is 1. The minimum atomic E-state index is -0.447. The highest BCUT2D eigenvalue weighted by atomic mass is 16.5. The summed E-state index contributed by atoms with van der Waals surface area (Å²) in [4.78, 5) is 12.2. The molecule has 0 fully saturated rings. The molecule has 2 heterocycles. The zero-order chi connectivity index (χ0) is 18.6. The number of para-hydroxylation sites is 1. The fraction of sp³-hybridized carbons (Fsp3) is 0.105. The quantitative estimate of drug-likeness (QED) is 0.550. The molecule has 0 amide bonds. The number of hydrogen-bond donors (Lipinski definition) is 1. The van der Waals surface area contributed by atoms with Gasteiger partial charge in [0.15, 0.2) is 5.69 Å². The first-order valence-electron chi connectivity index (χ1n) is 8.43. The van der Waals surface area contributed by atoms with Crippen LogP contribution in [0.2, 0.25) is 0 Å². The van der Waals surface area contributed by atoms with Crippen LogP contribution in [0.4, 0.5) is 0 Å². The van der Waals surface area contributed by atoms with Gasteiger partial charge in [0.05, 0.1) is 18.0 Å². The molecule has 0 unspecified atom stereocenters. The lowest BCUT2D eigenvalue weighted by Gasteiger charge is -2.07. The summed E-state index contributed by atoms with van der Waals surface area (Å²) in [7, 11) is 0. The topological polar surface area (TPSA) is 98.6 Å². The van der Waals surface area contributed by atoms with Gasteiger partial charge in [-0.25, -0.2) is 9.48 Å². The van der Waals surface area contributed by atoms with Gasteiger partial charge in [0.2, 0.25) is 5.82 Å². The standard InChI is InChI=1S/C19H16N6O2/c1-2-27-19(26)16-12-17(25(22-16)15-6-4-3-5-7-15)13-8-10-14(11-9-13)18-20-23-24-21-18/h3-12H,2H2,1H3,(H,20,21,23,24). The zero-order valence-electron chi connectivity index (χ0n) is 14.5. The Bertz CT molecular complexity index is 1040. The van der Waals surface area contributed by atoms with Crippen LogP contribution in [-0.4, -0.2) is 43.0 Å². The highest BCUT2D eigenvalue weighted by molar-refractivity contribution is 5.89. The first-order chi connectivity index (χ1) is 13.3. The molecule has 0 aliphatic rings. The lowest BCUT2D eigenvalue weighted by atomic mass is 10.1. The van der Waals surface area contributed by atoms with E-state index in [0.717, 1.165) is 22.5 Å². The van der Waals surface area contributed by atoms with Gasteiger partial charge in [-0.2, -0.15) is 10.3 Å². The van der Waals surface area contributed by atoms with Gasteiger partial charge in [-0.15, -0.1) is 10.2 Å². The average Bonchev–Trinajstić information content (AvgIpc) is 3.39.